The molecular formula is C12H17FN2O2. The topological polar surface area (TPSA) is 43.4 Å². The van der Waals surface area contributed by atoms with Crippen LogP contribution in [0.4, 0.5) is 4.39 Å². The molecule has 2 heterocycles. The highest BCUT2D eigenvalue weighted by Gasteiger charge is 2.23. The Labute approximate surface area is 100 Å². The summed E-state index contributed by atoms with van der Waals surface area (Å²) in [5.74, 6) is 0.302. The van der Waals surface area contributed by atoms with Crippen molar-refractivity contribution < 1.29 is 13.9 Å². The number of hydrogen-bond donors (Lipinski definition) is 1. The lowest BCUT2D eigenvalue weighted by Gasteiger charge is -2.23. The molecule has 17 heavy (non-hydrogen) atoms. The van der Waals surface area contributed by atoms with Crippen LogP contribution in [0.25, 0.3) is 0 Å². The van der Waals surface area contributed by atoms with Gasteiger partial charge in [0, 0.05) is 18.5 Å². The Balaban J connectivity index is 2.36. The predicted molar refractivity (Wildman–Crippen MR) is 62.1 cm³/mol. The van der Waals surface area contributed by atoms with Gasteiger partial charge in [0.15, 0.2) is 11.6 Å². The minimum atomic E-state index is -0.373. The predicted octanol–water partition coefficient (Wildman–Crippen LogP) is 1.70. The van der Waals surface area contributed by atoms with E-state index < -0.39 is 0 Å². The van der Waals surface area contributed by atoms with Crippen molar-refractivity contribution in [3.63, 3.8) is 0 Å². The first-order valence-electron chi connectivity index (χ1n) is 5.75. The van der Waals surface area contributed by atoms with Gasteiger partial charge in [0.25, 0.3) is 0 Å². The van der Waals surface area contributed by atoms with E-state index in [-0.39, 0.29) is 17.5 Å². The average Bonchev–Trinajstić information content (AvgIpc) is 2.40. The van der Waals surface area contributed by atoms with Gasteiger partial charge in [-0.1, -0.05) is 0 Å². The zero-order valence-electron chi connectivity index (χ0n) is 10.1. The summed E-state index contributed by atoms with van der Waals surface area (Å²) in [5, 5.41) is 3.25. The van der Waals surface area contributed by atoms with Gasteiger partial charge in [-0.25, -0.2) is 9.37 Å². The first-order chi connectivity index (χ1) is 8.26. The van der Waals surface area contributed by atoms with E-state index in [2.05, 4.69) is 10.3 Å². The maximum Gasteiger partial charge on any atom is 0.217 e. The van der Waals surface area contributed by atoms with Crippen LogP contribution in [0.3, 0.4) is 0 Å². The van der Waals surface area contributed by atoms with E-state index in [0.717, 1.165) is 25.9 Å². The van der Waals surface area contributed by atoms with Crippen LogP contribution in [0.5, 0.6) is 11.6 Å². The number of ether oxygens (including phenoxy) is 2. The van der Waals surface area contributed by atoms with Gasteiger partial charge in [0.05, 0.1) is 19.9 Å². The molecule has 0 saturated carbocycles. The molecule has 0 amide bonds. The Bertz CT molecular complexity index is 392. The Morgan fingerprint density at radius 3 is 2.82 bits per heavy atom. The van der Waals surface area contributed by atoms with Crippen LogP contribution in [0, 0.1) is 5.82 Å². The molecular weight excluding hydrogens is 223 g/mol. The molecule has 0 spiro atoms. The number of methoxy groups -OCH3 is 2. The molecule has 0 radical (unpaired) electrons. The van der Waals surface area contributed by atoms with Gasteiger partial charge in [0.2, 0.25) is 5.88 Å². The molecule has 1 aromatic rings. The molecule has 0 aliphatic carbocycles. The smallest absolute Gasteiger partial charge is 0.217 e. The minimum Gasteiger partial charge on any atom is -0.493 e. The molecule has 5 heteroatoms. The summed E-state index contributed by atoms with van der Waals surface area (Å²) in [7, 11) is 2.96. The molecule has 1 aromatic heterocycles. The number of hydrogen-bond acceptors (Lipinski definition) is 4. The van der Waals surface area contributed by atoms with E-state index in [4.69, 9.17) is 9.47 Å². The fraction of sp³-hybridized carbons (Fsp3) is 0.583. The monoisotopic (exact) mass is 240 g/mol. The second kappa shape index (κ2) is 5.31. The van der Waals surface area contributed by atoms with Crippen molar-refractivity contribution in [2.75, 3.05) is 27.3 Å². The van der Waals surface area contributed by atoms with Crippen molar-refractivity contribution in [3.05, 3.63) is 17.6 Å². The average molecular weight is 240 g/mol. The van der Waals surface area contributed by atoms with Crippen LogP contribution in [0.1, 0.15) is 24.5 Å². The van der Waals surface area contributed by atoms with Crippen LogP contribution in [0.15, 0.2) is 6.07 Å². The molecule has 1 N–H and O–H groups in total. The van der Waals surface area contributed by atoms with Crippen LogP contribution in [-0.2, 0) is 0 Å². The fourth-order valence-corrected chi connectivity index (χ4v) is 2.11. The Morgan fingerprint density at radius 1 is 1.41 bits per heavy atom. The lowest BCUT2D eigenvalue weighted by atomic mass is 9.95. The molecule has 0 aromatic carbocycles. The number of rotatable bonds is 3. The molecule has 1 unspecified atom stereocenters. The van der Waals surface area contributed by atoms with Crippen molar-refractivity contribution in [2.24, 2.45) is 0 Å². The van der Waals surface area contributed by atoms with Gasteiger partial charge in [0.1, 0.15) is 0 Å². The van der Waals surface area contributed by atoms with Gasteiger partial charge in [-0.2, -0.15) is 0 Å². The third-order valence-corrected chi connectivity index (χ3v) is 3.04. The first-order valence-corrected chi connectivity index (χ1v) is 5.75. The van der Waals surface area contributed by atoms with Gasteiger partial charge in [-0.3, -0.25) is 0 Å². The molecule has 1 fully saturated rings. The normalized spacial score (nSPS) is 20.1. The first kappa shape index (κ1) is 12.1. The third-order valence-electron chi connectivity index (χ3n) is 3.04. The summed E-state index contributed by atoms with van der Waals surface area (Å²) in [6.07, 6.45) is 1.97. The van der Waals surface area contributed by atoms with Crippen LogP contribution in [-0.4, -0.2) is 32.3 Å². The zero-order valence-corrected chi connectivity index (χ0v) is 10.1. The summed E-state index contributed by atoms with van der Waals surface area (Å²) >= 11 is 0. The Morgan fingerprint density at radius 2 is 2.24 bits per heavy atom. The summed E-state index contributed by atoms with van der Waals surface area (Å²) < 4.78 is 24.2. The van der Waals surface area contributed by atoms with E-state index in [0.29, 0.717) is 11.6 Å². The number of nitrogens with one attached hydrogen (secondary N) is 1. The minimum absolute atomic E-state index is 0.0905. The quantitative estimate of drug-likeness (QED) is 0.873. The SMILES string of the molecule is COc1cc(OC)c(F)c(C2CCCNC2)n1. The van der Waals surface area contributed by atoms with Gasteiger partial charge in [-0.15, -0.1) is 0 Å². The summed E-state index contributed by atoms with van der Waals surface area (Å²) in [6, 6.07) is 1.47. The number of piperidine rings is 1. The van der Waals surface area contributed by atoms with Crippen molar-refractivity contribution in [3.8, 4) is 11.6 Å². The number of nitrogens with zero attached hydrogens (tertiary/aromatic N) is 1. The Kier molecular flexibility index (Phi) is 3.78. The molecule has 2 rings (SSSR count). The molecule has 1 saturated heterocycles. The molecule has 4 nitrogen and oxygen atoms in total. The highest BCUT2D eigenvalue weighted by Crippen LogP contribution is 2.31. The molecule has 1 aliphatic rings. The number of aromatic nitrogens is 1. The molecule has 1 aliphatic heterocycles. The van der Waals surface area contributed by atoms with E-state index in [1.807, 2.05) is 0 Å². The summed E-state index contributed by atoms with van der Waals surface area (Å²) in [4.78, 5) is 4.21. The Hall–Kier alpha value is -1.36. The lowest BCUT2D eigenvalue weighted by molar-refractivity contribution is 0.350. The van der Waals surface area contributed by atoms with E-state index in [1.54, 1.807) is 0 Å². The largest absolute Gasteiger partial charge is 0.493 e. The van der Waals surface area contributed by atoms with Crippen molar-refractivity contribution in [1.29, 1.82) is 0 Å². The standard InChI is InChI=1S/C12H17FN2O2/c1-16-9-6-10(17-2)15-12(11(9)13)8-4-3-5-14-7-8/h6,8,14H,3-5,7H2,1-2H3. The summed E-state index contributed by atoms with van der Waals surface area (Å²) in [5.41, 5.74) is 0.438. The lowest BCUT2D eigenvalue weighted by Crippen LogP contribution is -2.29. The third kappa shape index (κ3) is 2.49. The van der Waals surface area contributed by atoms with E-state index in [9.17, 15) is 4.39 Å². The molecule has 0 bridgehead atoms. The fourth-order valence-electron chi connectivity index (χ4n) is 2.11. The number of halogens is 1. The van der Waals surface area contributed by atoms with Gasteiger partial charge >= 0.3 is 0 Å². The van der Waals surface area contributed by atoms with Crippen LogP contribution < -0.4 is 14.8 Å². The van der Waals surface area contributed by atoms with Crippen molar-refractivity contribution >= 4 is 0 Å². The van der Waals surface area contributed by atoms with Crippen LogP contribution in [0.2, 0.25) is 0 Å². The van der Waals surface area contributed by atoms with Crippen LogP contribution >= 0.6 is 0 Å². The molecule has 94 valence electrons. The van der Waals surface area contributed by atoms with Gasteiger partial charge < -0.3 is 14.8 Å². The number of pyridine rings is 1. The van der Waals surface area contributed by atoms with E-state index >= 15 is 0 Å². The second-order valence-corrected chi connectivity index (χ2v) is 4.11. The van der Waals surface area contributed by atoms with E-state index in [1.165, 1.54) is 20.3 Å². The molecule has 1 atom stereocenters. The maximum atomic E-state index is 14.1. The summed E-state index contributed by atoms with van der Waals surface area (Å²) in [6.45, 7) is 1.74. The van der Waals surface area contributed by atoms with Crippen molar-refractivity contribution in [2.45, 2.75) is 18.8 Å². The maximum absolute atomic E-state index is 14.1. The van der Waals surface area contributed by atoms with Gasteiger partial charge in [-0.05, 0) is 19.4 Å². The highest BCUT2D eigenvalue weighted by molar-refractivity contribution is 5.34. The zero-order chi connectivity index (χ0) is 12.3. The second-order valence-electron chi connectivity index (χ2n) is 4.11. The van der Waals surface area contributed by atoms with Crippen molar-refractivity contribution in [1.82, 2.24) is 10.3 Å². The highest BCUT2D eigenvalue weighted by atomic mass is 19.1.